The van der Waals surface area contributed by atoms with Crippen LogP contribution in [0.1, 0.15) is 12.7 Å². The highest BCUT2D eigenvalue weighted by Gasteiger charge is 2.16. The Labute approximate surface area is 105 Å². The first-order valence-electron chi connectivity index (χ1n) is 5.61. The third kappa shape index (κ3) is 2.96. The maximum atomic E-state index is 11.9. The summed E-state index contributed by atoms with van der Waals surface area (Å²) in [5.41, 5.74) is 0. The summed E-state index contributed by atoms with van der Waals surface area (Å²) in [6, 6.07) is 0. The van der Waals surface area contributed by atoms with Crippen LogP contribution in [0.3, 0.4) is 0 Å². The summed E-state index contributed by atoms with van der Waals surface area (Å²) in [5, 5.41) is 0.0452. The molecule has 0 aliphatic carbocycles. The average molecular weight is 269 g/mol. The lowest BCUT2D eigenvalue weighted by Gasteiger charge is -2.02. The number of hydrogen-bond acceptors (Lipinski definition) is 4. The van der Waals surface area contributed by atoms with Crippen molar-refractivity contribution in [3.63, 3.8) is 0 Å². The van der Waals surface area contributed by atoms with Crippen LogP contribution in [0.15, 0.2) is 29.9 Å². The third-order valence-corrected chi connectivity index (χ3v) is 3.80. The topological polar surface area (TPSA) is 92.7 Å². The van der Waals surface area contributed by atoms with Gasteiger partial charge in [0, 0.05) is 38.1 Å². The summed E-state index contributed by atoms with van der Waals surface area (Å²) >= 11 is 0. The molecule has 0 aliphatic rings. The molecule has 0 spiro atoms. The van der Waals surface area contributed by atoms with Crippen molar-refractivity contribution in [1.82, 2.24) is 24.2 Å². The van der Waals surface area contributed by atoms with Crippen LogP contribution < -0.4 is 4.72 Å². The minimum Gasteiger partial charge on any atom is -0.349 e. The largest absolute Gasteiger partial charge is 0.349 e. The van der Waals surface area contributed by atoms with Gasteiger partial charge in [-0.05, 0) is 6.92 Å². The molecule has 0 aliphatic heterocycles. The summed E-state index contributed by atoms with van der Waals surface area (Å²) in [4.78, 5) is 10.8. The normalized spacial score (nSPS) is 11.8. The zero-order valence-electron chi connectivity index (χ0n) is 10.00. The predicted octanol–water partition coefficient (Wildman–Crippen LogP) is 0.147. The summed E-state index contributed by atoms with van der Waals surface area (Å²) in [5.74, 6) is 0.747. The van der Waals surface area contributed by atoms with Crippen LogP contribution in [0.2, 0.25) is 0 Å². The number of rotatable bonds is 6. The van der Waals surface area contributed by atoms with E-state index in [-0.39, 0.29) is 11.6 Å². The van der Waals surface area contributed by atoms with Gasteiger partial charge in [0.1, 0.15) is 5.82 Å². The fourth-order valence-corrected chi connectivity index (χ4v) is 2.44. The highest BCUT2D eigenvalue weighted by molar-refractivity contribution is 7.89. The van der Waals surface area contributed by atoms with Crippen LogP contribution >= 0.6 is 0 Å². The molecule has 0 aromatic carbocycles. The van der Waals surface area contributed by atoms with Crippen LogP contribution in [0.25, 0.3) is 0 Å². The molecule has 2 N–H and O–H groups in total. The highest BCUT2D eigenvalue weighted by Crippen LogP contribution is 2.04. The Morgan fingerprint density at radius 3 is 2.89 bits per heavy atom. The minimum absolute atomic E-state index is 0.0452. The molecule has 2 rings (SSSR count). The van der Waals surface area contributed by atoms with Crippen molar-refractivity contribution in [1.29, 1.82) is 0 Å². The Morgan fingerprint density at radius 1 is 1.44 bits per heavy atom. The standard InChI is InChI=1S/C10H15N5O2S/c1-2-15-7-10(13-8-15)18(16,17)14-4-3-9-11-5-6-12-9/h5-8,14H,2-4H2,1H3,(H,11,12). The smallest absolute Gasteiger partial charge is 0.259 e. The lowest BCUT2D eigenvalue weighted by Crippen LogP contribution is -2.26. The molecule has 2 aromatic rings. The summed E-state index contributed by atoms with van der Waals surface area (Å²) in [6.45, 7) is 2.90. The molecular formula is C10H15N5O2S. The maximum absolute atomic E-state index is 11.9. The molecule has 0 fully saturated rings. The molecule has 0 atom stereocenters. The first-order valence-corrected chi connectivity index (χ1v) is 7.10. The maximum Gasteiger partial charge on any atom is 0.259 e. The number of aromatic nitrogens is 4. The number of imidazole rings is 2. The molecule has 18 heavy (non-hydrogen) atoms. The van der Waals surface area contributed by atoms with Crippen molar-refractivity contribution < 1.29 is 8.42 Å². The predicted molar refractivity (Wildman–Crippen MR) is 65.4 cm³/mol. The van der Waals surface area contributed by atoms with Gasteiger partial charge in [-0.25, -0.2) is 23.1 Å². The fraction of sp³-hybridized carbons (Fsp3) is 0.400. The first kappa shape index (κ1) is 12.8. The van der Waals surface area contributed by atoms with Crippen LogP contribution in [0, 0.1) is 0 Å². The highest BCUT2D eigenvalue weighted by atomic mass is 32.2. The average Bonchev–Trinajstić information content (AvgIpc) is 2.99. The molecule has 8 heteroatoms. The molecule has 0 amide bonds. The van der Waals surface area contributed by atoms with Crippen LogP contribution in [0.4, 0.5) is 0 Å². The van der Waals surface area contributed by atoms with Gasteiger partial charge in [0.2, 0.25) is 0 Å². The molecule has 7 nitrogen and oxygen atoms in total. The second kappa shape index (κ2) is 5.32. The van der Waals surface area contributed by atoms with Gasteiger partial charge in [-0.1, -0.05) is 0 Å². The van der Waals surface area contributed by atoms with Crippen LogP contribution in [-0.2, 0) is 23.0 Å². The van der Waals surface area contributed by atoms with Crippen molar-refractivity contribution in [3.05, 3.63) is 30.7 Å². The fourth-order valence-electron chi connectivity index (χ4n) is 1.46. The van der Waals surface area contributed by atoms with E-state index in [4.69, 9.17) is 0 Å². The van der Waals surface area contributed by atoms with Gasteiger partial charge >= 0.3 is 0 Å². The van der Waals surface area contributed by atoms with E-state index in [9.17, 15) is 8.42 Å². The number of nitrogens with zero attached hydrogens (tertiary/aromatic N) is 3. The lowest BCUT2D eigenvalue weighted by molar-refractivity contribution is 0.577. The number of sulfonamides is 1. The van der Waals surface area contributed by atoms with Gasteiger partial charge in [0.15, 0.2) is 5.03 Å². The van der Waals surface area contributed by atoms with E-state index in [0.717, 1.165) is 5.82 Å². The van der Waals surface area contributed by atoms with Crippen molar-refractivity contribution in [2.75, 3.05) is 6.54 Å². The molecule has 0 bridgehead atoms. The van der Waals surface area contributed by atoms with Crippen molar-refractivity contribution in [2.24, 2.45) is 0 Å². The molecule has 2 heterocycles. The quantitative estimate of drug-likeness (QED) is 0.780. The van der Waals surface area contributed by atoms with Crippen molar-refractivity contribution in [3.8, 4) is 0 Å². The Morgan fingerprint density at radius 2 is 2.28 bits per heavy atom. The Bertz CT molecular complexity index is 588. The van der Waals surface area contributed by atoms with Gasteiger partial charge in [-0.2, -0.15) is 0 Å². The molecule has 0 saturated heterocycles. The number of aryl methyl sites for hydroxylation is 1. The Hall–Kier alpha value is -1.67. The van der Waals surface area contributed by atoms with Crippen LogP contribution in [-0.4, -0.2) is 34.5 Å². The Kier molecular flexibility index (Phi) is 3.78. The monoisotopic (exact) mass is 269 g/mol. The molecule has 98 valence electrons. The molecule has 0 saturated carbocycles. The SMILES string of the molecule is CCn1cnc(S(=O)(=O)NCCc2ncc[nH]2)c1. The number of H-pyrrole nitrogens is 1. The van der Waals surface area contributed by atoms with Crippen molar-refractivity contribution >= 4 is 10.0 Å². The molecule has 2 aromatic heterocycles. The summed E-state index contributed by atoms with van der Waals surface area (Å²) in [7, 11) is -3.53. The zero-order valence-corrected chi connectivity index (χ0v) is 10.8. The molecular weight excluding hydrogens is 254 g/mol. The Balaban J connectivity index is 1.95. The molecule has 0 unspecified atom stereocenters. The van der Waals surface area contributed by atoms with E-state index in [1.807, 2.05) is 6.92 Å². The zero-order chi connectivity index (χ0) is 13.0. The van der Waals surface area contributed by atoms with E-state index < -0.39 is 10.0 Å². The van der Waals surface area contributed by atoms with Gasteiger partial charge in [-0.15, -0.1) is 0 Å². The second-order valence-electron chi connectivity index (χ2n) is 3.73. The molecule has 0 radical (unpaired) electrons. The van der Waals surface area contributed by atoms with E-state index in [0.29, 0.717) is 13.0 Å². The lowest BCUT2D eigenvalue weighted by atomic mass is 10.4. The van der Waals surface area contributed by atoms with Crippen LogP contribution in [0.5, 0.6) is 0 Å². The van der Waals surface area contributed by atoms with Gasteiger partial charge in [0.05, 0.1) is 6.33 Å². The van der Waals surface area contributed by atoms with E-state index >= 15 is 0 Å². The number of aromatic amines is 1. The summed E-state index contributed by atoms with van der Waals surface area (Å²) < 4.78 is 27.9. The van der Waals surface area contributed by atoms with Gasteiger partial charge < -0.3 is 9.55 Å². The second-order valence-corrected chi connectivity index (χ2v) is 5.44. The summed E-state index contributed by atoms with van der Waals surface area (Å²) in [6.07, 6.45) is 6.86. The van der Waals surface area contributed by atoms with Crippen molar-refractivity contribution in [2.45, 2.75) is 24.9 Å². The number of hydrogen-bond donors (Lipinski definition) is 2. The van der Waals surface area contributed by atoms with E-state index in [1.165, 1.54) is 12.5 Å². The number of nitrogens with one attached hydrogen (secondary N) is 2. The van der Waals surface area contributed by atoms with E-state index in [2.05, 4.69) is 19.7 Å². The minimum atomic E-state index is -3.53. The van der Waals surface area contributed by atoms with Gasteiger partial charge in [0.25, 0.3) is 10.0 Å². The van der Waals surface area contributed by atoms with Gasteiger partial charge in [-0.3, -0.25) is 0 Å². The van der Waals surface area contributed by atoms with E-state index in [1.54, 1.807) is 17.0 Å². The first-order chi connectivity index (χ1) is 8.62. The third-order valence-electron chi connectivity index (χ3n) is 2.46.